The monoisotopic (exact) mass is 547 g/mol. The predicted octanol–water partition coefficient (Wildman–Crippen LogP) is 7.58. The molecule has 35 heavy (non-hydrogen) atoms. The molecule has 0 spiro atoms. The number of alkyl halides is 17. The van der Waals surface area contributed by atoms with Crippen molar-refractivity contribution in [1.82, 2.24) is 0 Å². The van der Waals surface area contributed by atoms with Crippen molar-refractivity contribution < 1.29 is 74.6 Å². The van der Waals surface area contributed by atoms with Gasteiger partial charge in [-0.25, -0.2) is 0 Å². The number of hydrogen-bond donors (Lipinski definition) is 0. The first kappa shape index (κ1) is 30.3. The van der Waals surface area contributed by atoms with Gasteiger partial charge in [0.2, 0.25) is 0 Å². The summed E-state index contributed by atoms with van der Waals surface area (Å²) in [4.78, 5) is 0. The van der Waals surface area contributed by atoms with Crippen LogP contribution in [-0.2, 0) is 0 Å². The Hall–Kier alpha value is -2.74. The lowest BCUT2D eigenvalue weighted by Gasteiger charge is -2.42. The van der Waals surface area contributed by atoms with Crippen molar-refractivity contribution in [3.05, 3.63) is 41.5 Å². The molecule has 0 radical (unpaired) electrons. The zero-order valence-electron chi connectivity index (χ0n) is 15.8. The van der Waals surface area contributed by atoms with Crippen LogP contribution in [0.3, 0.4) is 0 Å². The maximum atomic E-state index is 13.8. The van der Waals surface area contributed by atoms with E-state index in [1.165, 1.54) is 6.07 Å². The Balaban J connectivity index is 3.63. The first-order chi connectivity index (χ1) is 15.3. The van der Waals surface area contributed by atoms with E-state index in [0.717, 1.165) is 18.2 Å². The summed E-state index contributed by atoms with van der Waals surface area (Å²) in [5, 5.41) is 8.70. The van der Waals surface area contributed by atoms with Crippen molar-refractivity contribution in [2.24, 2.45) is 0 Å². The Morgan fingerprint density at radius 2 is 0.914 bits per heavy atom. The Kier molecular flexibility index (Phi) is 7.30. The SMILES string of the molecule is N#Cc1ccccc1C=CC(F)(F)C(F)(F)C(F)(F)C(F)(F)C(F)(F)C(F)(F)C(F)(F)C(F)(F)F. The molecule has 0 unspecified atom stereocenters. The summed E-state index contributed by atoms with van der Waals surface area (Å²) < 4.78 is 224. The molecule has 0 aliphatic rings. The van der Waals surface area contributed by atoms with Crippen LogP contribution >= 0.6 is 0 Å². The van der Waals surface area contributed by atoms with E-state index in [2.05, 4.69) is 0 Å². The number of rotatable bonds is 8. The number of benzene rings is 1. The zero-order chi connectivity index (χ0) is 28.1. The van der Waals surface area contributed by atoms with Crippen LogP contribution < -0.4 is 0 Å². The lowest BCUT2D eigenvalue weighted by molar-refractivity contribution is -0.459. The zero-order valence-corrected chi connectivity index (χ0v) is 15.8. The molecule has 0 aliphatic heterocycles. The van der Waals surface area contributed by atoms with Gasteiger partial charge in [0.1, 0.15) is 0 Å². The van der Waals surface area contributed by atoms with Crippen molar-refractivity contribution in [1.29, 1.82) is 5.26 Å². The van der Waals surface area contributed by atoms with E-state index in [-0.39, 0.29) is 6.08 Å². The number of hydrogen-bond acceptors (Lipinski definition) is 1. The molecule has 1 nitrogen and oxygen atoms in total. The van der Waals surface area contributed by atoms with E-state index in [4.69, 9.17) is 5.26 Å². The third kappa shape index (κ3) is 4.26. The van der Waals surface area contributed by atoms with Crippen molar-refractivity contribution in [3.8, 4) is 6.07 Å². The number of allylic oxidation sites excluding steroid dienone is 1. The lowest BCUT2D eigenvalue weighted by atomic mass is 9.88. The van der Waals surface area contributed by atoms with E-state index in [9.17, 15) is 74.6 Å². The molecule has 0 bridgehead atoms. The molecule has 1 rings (SSSR count). The van der Waals surface area contributed by atoms with Crippen molar-refractivity contribution in [2.45, 2.75) is 47.6 Å². The predicted molar refractivity (Wildman–Crippen MR) is 80.9 cm³/mol. The first-order valence-electron chi connectivity index (χ1n) is 8.17. The second-order valence-corrected chi connectivity index (χ2v) is 6.60. The molecule has 1 aromatic rings. The number of halogens is 17. The van der Waals surface area contributed by atoms with Gasteiger partial charge in [0.25, 0.3) is 0 Å². The van der Waals surface area contributed by atoms with Crippen molar-refractivity contribution >= 4 is 6.08 Å². The molecular formula is C17H6F17N. The highest BCUT2D eigenvalue weighted by Crippen LogP contribution is 2.64. The third-order valence-electron chi connectivity index (χ3n) is 4.30. The normalized spacial score (nSPS) is 15.4. The van der Waals surface area contributed by atoms with Gasteiger partial charge in [0.05, 0.1) is 11.6 Å². The smallest absolute Gasteiger partial charge is 0.195 e. The summed E-state index contributed by atoms with van der Waals surface area (Å²) in [5.41, 5.74) is -1.34. The highest BCUT2D eigenvalue weighted by atomic mass is 19.4. The minimum atomic E-state index is -8.67. The fourth-order valence-corrected chi connectivity index (χ4v) is 2.22. The van der Waals surface area contributed by atoms with E-state index in [0.29, 0.717) is 6.07 Å². The van der Waals surface area contributed by atoms with Gasteiger partial charge in [-0.1, -0.05) is 24.3 Å². The Labute approximate surface area is 182 Å². The highest BCUT2D eigenvalue weighted by molar-refractivity contribution is 5.58. The number of nitrogens with zero attached hydrogens (tertiary/aromatic N) is 1. The van der Waals surface area contributed by atoms with Crippen LogP contribution in [0.1, 0.15) is 11.1 Å². The van der Waals surface area contributed by atoms with Gasteiger partial charge in [0.15, 0.2) is 0 Å². The fraction of sp³-hybridized carbons (Fsp3) is 0.471. The maximum absolute atomic E-state index is 13.8. The van der Waals surface area contributed by atoms with Crippen LogP contribution in [0, 0.1) is 11.3 Å². The Morgan fingerprint density at radius 1 is 0.543 bits per heavy atom. The Bertz CT molecular complexity index is 997. The van der Waals surface area contributed by atoms with E-state index >= 15 is 0 Å². The van der Waals surface area contributed by atoms with E-state index in [1.807, 2.05) is 0 Å². The molecule has 198 valence electrons. The van der Waals surface area contributed by atoms with Gasteiger partial charge in [-0.3, -0.25) is 0 Å². The molecule has 0 saturated carbocycles. The van der Waals surface area contributed by atoms with Gasteiger partial charge in [-0.15, -0.1) is 0 Å². The molecular weight excluding hydrogens is 541 g/mol. The molecule has 0 aromatic heterocycles. The largest absolute Gasteiger partial charge is 0.460 e. The highest BCUT2D eigenvalue weighted by Gasteiger charge is 2.95. The topological polar surface area (TPSA) is 23.8 Å². The average molecular weight is 547 g/mol. The molecule has 0 heterocycles. The molecule has 1 aromatic carbocycles. The van der Waals surface area contributed by atoms with E-state index < -0.39 is 64.8 Å². The summed E-state index contributed by atoms with van der Waals surface area (Å²) in [7, 11) is 0. The third-order valence-corrected chi connectivity index (χ3v) is 4.30. The summed E-state index contributed by atoms with van der Waals surface area (Å²) >= 11 is 0. The standard InChI is InChI=1S/C17H6F17N/c18-10(19,6-5-8-3-1-2-4-9(8)7-35)11(20,21)12(22,23)13(24,25)14(26,27)15(28,29)16(30,31)17(32,33)34/h1-6H. The molecule has 0 amide bonds. The second-order valence-electron chi connectivity index (χ2n) is 6.60. The van der Waals surface area contributed by atoms with Crippen LogP contribution in [0.2, 0.25) is 0 Å². The quantitative estimate of drug-likeness (QED) is 0.308. The summed E-state index contributed by atoms with van der Waals surface area (Å²) in [5.74, 6) is -56.8. The molecule has 0 aliphatic carbocycles. The maximum Gasteiger partial charge on any atom is 0.460 e. The lowest BCUT2D eigenvalue weighted by Crippen LogP contribution is -2.74. The fourth-order valence-electron chi connectivity index (χ4n) is 2.22. The first-order valence-corrected chi connectivity index (χ1v) is 8.17. The van der Waals surface area contributed by atoms with Crippen LogP contribution in [0.15, 0.2) is 30.3 Å². The van der Waals surface area contributed by atoms with Crippen LogP contribution in [-0.4, -0.2) is 47.6 Å². The van der Waals surface area contributed by atoms with Crippen LogP contribution in [0.25, 0.3) is 6.08 Å². The molecule has 18 heteroatoms. The van der Waals surface area contributed by atoms with Crippen molar-refractivity contribution in [2.75, 3.05) is 0 Å². The van der Waals surface area contributed by atoms with Gasteiger partial charge >= 0.3 is 47.6 Å². The van der Waals surface area contributed by atoms with Crippen molar-refractivity contribution in [3.63, 3.8) is 0 Å². The summed E-state index contributed by atoms with van der Waals surface area (Å²) in [6.07, 6.45) is -9.38. The van der Waals surface area contributed by atoms with E-state index in [1.54, 1.807) is 0 Å². The summed E-state index contributed by atoms with van der Waals surface area (Å²) in [6, 6.07) is 4.89. The van der Waals surface area contributed by atoms with Gasteiger partial charge in [0, 0.05) is 0 Å². The second kappa shape index (κ2) is 8.43. The average Bonchev–Trinajstić information content (AvgIpc) is 2.70. The summed E-state index contributed by atoms with van der Waals surface area (Å²) in [6.45, 7) is 0. The van der Waals surface area contributed by atoms with Gasteiger partial charge in [-0.2, -0.15) is 79.9 Å². The van der Waals surface area contributed by atoms with Crippen LogP contribution in [0.5, 0.6) is 0 Å². The van der Waals surface area contributed by atoms with Gasteiger partial charge in [-0.05, 0) is 17.7 Å². The molecule has 0 fully saturated rings. The number of nitriles is 1. The minimum Gasteiger partial charge on any atom is -0.195 e. The van der Waals surface area contributed by atoms with Crippen LogP contribution in [0.4, 0.5) is 74.6 Å². The minimum absolute atomic E-state index is 0.259. The Morgan fingerprint density at radius 3 is 1.31 bits per heavy atom. The molecule has 0 saturated heterocycles. The molecule has 0 N–H and O–H groups in total. The van der Waals surface area contributed by atoms with Gasteiger partial charge < -0.3 is 0 Å². The molecule has 0 atom stereocenters.